The van der Waals surface area contributed by atoms with Gasteiger partial charge in [-0.25, -0.2) is 0 Å². The molecule has 4 rings (SSSR count). The molecule has 0 bridgehead atoms. The largest absolute Gasteiger partial charge is 0.294 e. The lowest BCUT2D eigenvalue weighted by atomic mass is 9.85. The molecule has 0 saturated carbocycles. The second-order valence-corrected chi connectivity index (χ2v) is 8.29. The molecule has 4 aromatic rings. The van der Waals surface area contributed by atoms with Gasteiger partial charge in [0, 0.05) is 29.0 Å². The highest BCUT2D eigenvalue weighted by atomic mass is 16.1. The molecule has 0 saturated heterocycles. The fourth-order valence-electron chi connectivity index (χ4n) is 4.02. The van der Waals surface area contributed by atoms with E-state index in [1.807, 2.05) is 122 Å². The van der Waals surface area contributed by atoms with Crippen LogP contribution in [-0.4, -0.2) is 17.5 Å². The van der Waals surface area contributed by atoms with Gasteiger partial charge in [0.1, 0.15) is 6.04 Å². The van der Waals surface area contributed by atoms with Crippen LogP contribution >= 0.6 is 0 Å². The minimum absolute atomic E-state index is 0.00240. The summed E-state index contributed by atoms with van der Waals surface area (Å²) in [4.78, 5) is 18.2. The van der Waals surface area contributed by atoms with E-state index in [0.717, 1.165) is 28.0 Å². The molecular formula is C31H26N2O. The number of ketones is 1. The van der Waals surface area contributed by atoms with Crippen molar-refractivity contribution in [3.8, 4) is 6.07 Å². The number of carbonyl (C=O) groups is 1. The summed E-state index contributed by atoms with van der Waals surface area (Å²) in [5.74, 6) is -0.372. The maximum atomic E-state index is 13.2. The summed E-state index contributed by atoms with van der Waals surface area (Å²) >= 11 is 0. The summed E-state index contributed by atoms with van der Waals surface area (Å²) in [6.07, 6.45) is 0.200. The second kappa shape index (κ2) is 11.0. The fourth-order valence-corrected chi connectivity index (χ4v) is 4.02. The summed E-state index contributed by atoms with van der Waals surface area (Å²) in [7, 11) is 0. The molecule has 0 aliphatic carbocycles. The van der Waals surface area contributed by atoms with Gasteiger partial charge in [-0.2, -0.15) is 5.26 Å². The summed E-state index contributed by atoms with van der Waals surface area (Å²) < 4.78 is 0. The Labute approximate surface area is 201 Å². The predicted molar refractivity (Wildman–Crippen MR) is 137 cm³/mol. The Morgan fingerprint density at radius 3 is 1.68 bits per heavy atom. The van der Waals surface area contributed by atoms with Crippen LogP contribution in [0.1, 0.15) is 45.0 Å². The zero-order valence-electron chi connectivity index (χ0n) is 19.1. The van der Waals surface area contributed by atoms with Crippen molar-refractivity contribution in [3.05, 3.63) is 143 Å². The summed E-state index contributed by atoms with van der Waals surface area (Å²) in [6, 6.07) is 38.7. The molecule has 2 atom stereocenters. The zero-order chi connectivity index (χ0) is 23.8. The standard InChI is InChI=1S/C31H26N2O/c1-23-17-19-24(20-18-23)28(21-30(34)25-11-5-2-6-12-25)29(22-32)33-31(26-13-7-3-8-14-26)27-15-9-4-10-16-27/h2-20,28-29H,21H2,1H3/t28-,29-/m0/s1. The van der Waals surface area contributed by atoms with Crippen molar-refractivity contribution < 1.29 is 4.79 Å². The van der Waals surface area contributed by atoms with Gasteiger partial charge >= 0.3 is 0 Å². The van der Waals surface area contributed by atoms with E-state index in [1.54, 1.807) is 0 Å². The second-order valence-electron chi connectivity index (χ2n) is 8.29. The van der Waals surface area contributed by atoms with Gasteiger partial charge in [-0.15, -0.1) is 0 Å². The van der Waals surface area contributed by atoms with Gasteiger partial charge in [0.2, 0.25) is 0 Å². The molecular weight excluding hydrogens is 416 g/mol. The van der Waals surface area contributed by atoms with Gasteiger partial charge in [0.05, 0.1) is 11.8 Å². The van der Waals surface area contributed by atoms with E-state index in [4.69, 9.17) is 4.99 Å². The molecule has 0 amide bonds. The summed E-state index contributed by atoms with van der Waals surface area (Å²) in [5.41, 5.74) is 5.33. The lowest BCUT2D eigenvalue weighted by molar-refractivity contribution is 0.0972. The number of rotatable bonds is 8. The van der Waals surface area contributed by atoms with Crippen molar-refractivity contribution in [2.45, 2.75) is 25.3 Å². The van der Waals surface area contributed by atoms with Crippen molar-refractivity contribution >= 4 is 11.5 Å². The van der Waals surface area contributed by atoms with Crippen LogP contribution in [0, 0.1) is 18.3 Å². The SMILES string of the molecule is Cc1ccc([C@H](CC(=O)c2ccccc2)[C@H](C#N)N=C(c2ccccc2)c2ccccc2)cc1. The molecule has 0 unspecified atom stereocenters. The molecule has 3 nitrogen and oxygen atoms in total. The van der Waals surface area contributed by atoms with E-state index in [2.05, 4.69) is 6.07 Å². The van der Waals surface area contributed by atoms with E-state index < -0.39 is 6.04 Å². The fraction of sp³-hybridized carbons (Fsp3) is 0.129. The minimum atomic E-state index is -0.731. The van der Waals surface area contributed by atoms with Crippen LogP contribution < -0.4 is 0 Å². The number of benzene rings is 4. The van der Waals surface area contributed by atoms with Crippen LogP contribution in [-0.2, 0) is 0 Å². The number of Topliss-reactive ketones (excluding diaryl/α,β-unsaturated/α-hetero) is 1. The third-order valence-electron chi connectivity index (χ3n) is 5.88. The maximum absolute atomic E-state index is 13.2. The Kier molecular flexibility index (Phi) is 7.42. The van der Waals surface area contributed by atoms with E-state index in [9.17, 15) is 10.1 Å². The van der Waals surface area contributed by atoms with E-state index in [-0.39, 0.29) is 18.1 Å². The Morgan fingerprint density at radius 2 is 1.21 bits per heavy atom. The molecule has 34 heavy (non-hydrogen) atoms. The van der Waals surface area contributed by atoms with Crippen LogP contribution in [0.15, 0.2) is 120 Å². The van der Waals surface area contributed by atoms with Gasteiger partial charge in [0.25, 0.3) is 0 Å². The monoisotopic (exact) mass is 442 g/mol. The van der Waals surface area contributed by atoms with E-state index in [0.29, 0.717) is 5.56 Å². The van der Waals surface area contributed by atoms with Crippen LogP contribution in [0.4, 0.5) is 0 Å². The average Bonchev–Trinajstić information content (AvgIpc) is 2.90. The molecule has 0 radical (unpaired) electrons. The third-order valence-corrected chi connectivity index (χ3v) is 5.88. The molecule has 0 aliphatic heterocycles. The molecule has 0 spiro atoms. The number of nitriles is 1. The van der Waals surface area contributed by atoms with Gasteiger partial charge < -0.3 is 0 Å². The first-order valence-electron chi connectivity index (χ1n) is 11.4. The van der Waals surface area contributed by atoms with Crippen molar-refractivity contribution in [3.63, 3.8) is 0 Å². The maximum Gasteiger partial charge on any atom is 0.163 e. The van der Waals surface area contributed by atoms with Crippen molar-refractivity contribution in [1.29, 1.82) is 5.26 Å². The highest BCUT2D eigenvalue weighted by Crippen LogP contribution is 2.29. The van der Waals surface area contributed by atoms with Crippen LogP contribution in [0.3, 0.4) is 0 Å². The molecule has 166 valence electrons. The number of aliphatic imine (C=N–C) groups is 1. The molecule has 3 heteroatoms. The third kappa shape index (κ3) is 5.54. The number of aryl methyl sites for hydroxylation is 1. The first kappa shape index (κ1) is 22.9. The predicted octanol–water partition coefficient (Wildman–Crippen LogP) is 6.78. The van der Waals surface area contributed by atoms with Crippen LogP contribution in [0.5, 0.6) is 0 Å². The molecule has 0 fully saturated rings. The van der Waals surface area contributed by atoms with E-state index in [1.165, 1.54) is 0 Å². The van der Waals surface area contributed by atoms with Gasteiger partial charge in [-0.3, -0.25) is 9.79 Å². The minimum Gasteiger partial charge on any atom is -0.294 e. The van der Waals surface area contributed by atoms with Crippen LogP contribution in [0.2, 0.25) is 0 Å². The first-order valence-corrected chi connectivity index (χ1v) is 11.4. The number of hydrogen-bond donors (Lipinski definition) is 0. The van der Waals surface area contributed by atoms with Crippen molar-refractivity contribution in [1.82, 2.24) is 0 Å². The van der Waals surface area contributed by atoms with Gasteiger partial charge in [-0.1, -0.05) is 121 Å². The molecule has 0 heterocycles. The lowest BCUT2D eigenvalue weighted by Gasteiger charge is -2.21. The highest BCUT2D eigenvalue weighted by molar-refractivity contribution is 6.13. The van der Waals surface area contributed by atoms with Crippen molar-refractivity contribution in [2.75, 3.05) is 0 Å². The number of hydrogen-bond acceptors (Lipinski definition) is 3. The quantitative estimate of drug-likeness (QED) is 0.223. The molecule has 0 N–H and O–H groups in total. The zero-order valence-corrected chi connectivity index (χ0v) is 19.1. The van der Waals surface area contributed by atoms with Crippen LogP contribution in [0.25, 0.3) is 0 Å². The Balaban J connectivity index is 1.79. The van der Waals surface area contributed by atoms with Gasteiger partial charge in [0.15, 0.2) is 5.78 Å². The summed E-state index contributed by atoms with van der Waals surface area (Å²) in [6.45, 7) is 2.02. The molecule has 4 aromatic carbocycles. The highest BCUT2D eigenvalue weighted by Gasteiger charge is 2.27. The first-order chi connectivity index (χ1) is 16.7. The topological polar surface area (TPSA) is 53.2 Å². The van der Waals surface area contributed by atoms with Crippen molar-refractivity contribution in [2.24, 2.45) is 4.99 Å². The molecule has 0 aromatic heterocycles. The number of carbonyl (C=O) groups excluding carboxylic acids is 1. The Morgan fingerprint density at radius 1 is 0.735 bits per heavy atom. The van der Waals surface area contributed by atoms with E-state index >= 15 is 0 Å². The Hall–Kier alpha value is -4.29. The lowest BCUT2D eigenvalue weighted by Crippen LogP contribution is -2.21. The Bertz CT molecular complexity index is 1250. The normalized spacial score (nSPS) is 12.2. The summed E-state index contributed by atoms with van der Waals surface area (Å²) in [5, 5.41) is 10.3. The average molecular weight is 443 g/mol. The smallest absolute Gasteiger partial charge is 0.163 e. The number of nitrogens with zero attached hydrogens (tertiary/aromatic N) is 2. The van der Waals surface area contributed by atoms with Gasteiger partial charge in [-0.05, 0) is 12.5 Å². The molecule has 0 aliphatic rings.